The quantitative estimate of drug-likeness (QED) is 0.893. The molecule has 5 nitrogen and oxygen atoms in total. The summed E-state index contributed by atoms with van der Waals surface area (Å²) in [5, 5.41) is 11.5. The number of halogens is 1. The van der Waals surface area contributed by atoms with E-state index < -0.39 is 11.2 Å². The molecule has 0 atom stereocenters. The average molecular weight is 342 g/mol. The summed E-state index contributed by atoms with van der Waals surface area (Å²) in [5.41, 5.74) is -0.855. The van der Waals surface area contributed by atoms with Gasteiger partial charge in [-0.05, 0) is 45.7 Å². The smallest absolute Gasteiger partial charge is 0.410 e. The molecule has 0 bridgehead atoms. The summed E-state index contributed by atoms with van der Waals surface area (Å²) in [6.07, 6.45) is 0.497. The summed E-state index contributed by atoms with van der Waals surface area (Å²) in [6.45, 7) is 6.37. The van der Waals surface area contributed by atoms with Gasteiger partial charge in [0.2, 0.25) is 0 Å². The molecule has 2 rings (SSSR count). The van der Waals surface area contributed by atoms with Gasteiger partial charge in [-0.1, -0.05) is 17.7 Å². The Balaban J connectivity index is 2.09. The molecule has 0 unspecified atom stereocenters. The Bertz CT molecular complexity index is 574. The fourth-order valence-electron chi connectivity index (χ4n) is 2.70. The minimum Gasteiger partial charge on any atom is -0.496 e. The first-order chi connectivity index (χ1) is 10.6. The third-order valence-electron chi connectivity index (χ3n) is 3.91. The number of benzene rings is 1. The van der Waals surface area contributed by atoms with E-state index in [1.165, 1.54) is 0 Å². The maximum absolute atomic E-state index is 12.1. The van der Waals surface area contributed by atoms with Crippen LogP contribution in [0.1, 0.15) is 39.2 Å². The van der Waals surface area contributed by atoms with Gasteiger partial charge in [0.05, 0.1) is 12.7 Å². The number of carbonyl (C=O) groups excluding carboxylic acids is 1. The lowest BCUT2D eigenvalue weighted by molar-refractivity contribution is -0.0366. The van der Waals surface area contributed by atoms with Crippen LogP contribution in [0.5, 0.6) is 5.75 Å². The number of hydrogen-bond donors (Lipinski definition) is 1. The Morgan fingerprint density at radius 2 is 1.91 bits per heavy atom. The number of amides is 1. The van der Waals surface area contributed by atoms with E-state index in [4.69, 9.17) is 21.1 Å². The van der Waals surface area contributed by atoms with Gasteiger partial charge in [0.15, 0.2) is 0 Å². The zero-order valence-corrected chi connectivity index (χ0v) is 14.8. The number of carbonyl (C=O) groups is 1. The number of aliphatic hydroxyl groups is 1. The molecule has 1 fully saturated rings. The highest BCUT2D eigenvalue weighted by atomic mass is 35.5. The van der Waals surface area contributed by atoms with Gasteiger partial charge in [0.1, 0.15) is 11.4 Å². The monoisotopic (exact) mass is 341 g/mol. The maximum atomic E-state index is 12.1. The Kier molecular flexibility index (Phi) is 5.11. The van der Waals surface area contributed by atoms with Crippen molar-refractivity contribution in [2.45, 2.75) is 44.8 Å². The van der Waals surface area contributed by atoms with E-state index in [9.17, 15) is 9.90 Å². The molecule has 1 N–H and O–H groups in total. The summed E-state index contributed by atoms with van der Waals surface area (Å²) < 4.78 is 10.7. The van der Waals surface area contributed by atoms with Crippen LogP contribution in [0.15, 0.2) is 18.2 Å². The third-order valence-corrected chi connectivity index (χ3v) is 4.14. The standard InChI is InChI=1S/C17H24ClNO4/c1-16(2,3)23-15(20)19-9-7-17(21,8-10-19)13-6-5-12(18)11-14(13)22-4/h5-6,11,21H,7-10H2,1-4H3. The topological polar surface area (TPSA) is 59.0 Å². The third kappa shape index (κ3) is 4.30. The van der Waals surface area contributed by atoms with Crippen molar-refractivity contribution in [2.75, 3.05) is 20.2 Å². The lowest BCUT2D eigenvalue weighted by atomic mass is 9.84. The van der Waals surface area contributed by atoms with Gasteiger partial charge in [-0.2, -0.15) is 0 Å². The van der Waals surface area contributed by atoms with Crippen molar-refractivity contribution >= 4 is 17.7 Å². The zero-order valence-electron chi connectivity index (χ0n) is 14.1. The molecule has 6 heteroatoms. The predicted molar refractivity (Wildman–Crippen MR) is 88.9 cm³/mol. The van der Waals surface area contributed by atoms with Crippen LogP contribution >= 0.6 is 11.6 Å². The second kappa shape index (κ2) is 6.57. The van der Waals surface area contributed by atoms with Gasteiger partial charge in [-0.25, -0.2) is 4.79 Å². The van der Waals surface area contributed by atoms with E-state index in [0.717, 1.165) is 0 Å². The fourth-order valence-corrected chi connectivity index (χ4v) is 2.87. The van der Waals surface area contributed by atoms with Gasteiger partial charge in [0.25, 0.3) is 0 Å². The van der Waals surface area contributed by atoms with Crippen molar-refractivity contribution in [1.29, 1.82) is 0 Å². The molecule has 0 saturated carbocycles. The fraction of sp³-hybridized carbons (Fsp3) is 0.588. The average Bonchev–Trinajstić information content (AvgIpc) is 2.45. The summed E-state index contributed by atoms with van der Waals surface area (Å²) in [5.74, 6) is 0.561. The number of hydrogen-bond acceptors (Lipinski definition) is 4. The van der Waals surface area contributed by atoms with Crippen molar-refractivity contribution in [1.82, 2.24) is 4.90 Å². The molecule has 0 spiro atoms. The highest BCUT2D eigenvalue weighted by Crippen LogP contribution is 2.39. The second-order valence-electron chi connectivity index (χ2n) is 6.84. The normalized spacial score (nSPS) is 17.7. The number of piperidine rings is 1. The van der Waals surface area contributed by atoms with Crippen LogP contribution < -0.4 is 4.74 Å². The molecule has 1 saturated heterocycles. The first-order valence-electron chi connectivity index (χ1n) is 7.69. The van der Waals surface area contributed by atoms with Crippen LogP contribution in [0.4, 0.5) is 4.79 Å². The van der Waals surface area contributed by atoms with Crippen LogP contribution in [-0.2, 0) is 10.3 Å². The van der Waals surface area contributed by atoms with Gasteiger partial charge in [-0.3, -0.25) is 0 Å². The summed E-state index contributed by atoms with van der Waals surface area (Å²) in [7, 11) is 1.55. The predicted octanol–water partition coefficient (Wildman–Crippen LogP) is 3.57. The van der Waals surface area contributed by atoms with Gasteiger partial charge < -0.3 is 19.5 Å². The van der Waals surface area contributed by atoms with Crippen LogP contribution in [0.3, 0.4) is 0 Å². The molecule has 0 aromatic heterocycles. The highest BCUT2D eigenvalue weighted by Gasteiger charge is 2.38. The van der Waals surface area contributed by atoms with E-state index in [1.807, 2.05) is 20.8 Å². The molecule has 1 aromatic carbocycles. The largest absolute Gasteiger partial charge is 0.496 e. The molecule has 1 aliphatic rings. The van der Waals surface area contributed by atoms with Crippen molar-refractivity contribution in [3.63, 3.8) is 0 Å². The Morgan fingerprint density at radius 3 is 2.43 bits per heavy atom. The molecular formula is C17H24ClNO4. The summed E-state index contributed by atoms with van der Waals surface area (Å²) in [4.78, 5) is 13.7. The maximum Gasteiger partial charge on any atom is 0.410 e. The Labute approximate surface area is 142 Å². The van der Waals surface area contributed by atoms with Gasteiger partial charge >= 0.3 is 6.09 Å². The molecular weight excluding hydrogens is 318 g/mol. The number of ether oxygens (including phenoxy) is 2. The molecule has 0 aliphatic carbocycles. The number of likely N-dealkylation sites (tertiary alicyclic amines) is 1. The molecule has 128 valence electrons. The summed E-state index contributed by atoms with van der Waals surface area (Å²) >= 11 is 5.98. The van der Waals surface area contributed by atoms with Gasteiger partial charge in [0, 0.05) is 23.7 Å². The van der Waals surface area contributed by atoms with E-state index >= 15 is 0 Å². The first kappa shape index (κ1) is 17.9. The lowest BCUT2D eigenvalue weighted by Gasteiger charge is -2.39. The number of methoxy groups -OCH3 is 1. The van der Waals surface area contributed by atoms with Crippen LogP contribution in [0, 0.1) is 0 Å². The van der Waals surface area contributed by atoms with E-state index in [0.29, 0.717) is 42.3 Å². The molecule has 1 heterocycles. The van der Waals surface area contributed by atoms with E-state index in [-0.39, 0.29) is 6.09 Å². The minimum absolute atomic E-state index is 0.345. The number of rotatable bonds is 2. The molecule has 0 radical (unpaired) electrons. The Morgan fingerprint density at radius 1 is 1.30 bits per heavy atom. The molecule has 1 aromatic rings. The number of nitrogens with zero attached hydrogens (tertiary/aromatic N) is 1. The van der Waals surface area contributed by atoms with E-state index in [2.05, 4.69) is 0 Å². The van der Waals surface area contributed by atoms with Crippen molar-refractivity contribution < 1.29 is 19.4 Å². The van der Waals surface area contributed by atoms with Crippen molar-refractivity contribution in [3.05, 3.63) is 28.8 Å². The van der Waals surface area contributed by atoms with Crippen molar-refractivity contribution in [3.8, 4) is 5.75 Å². The van der Waals surface area contributed by atoms with Crippen LogP contribution in [0.2, 0.25) is 5.02 Å². The first-order valence-corrected chi connectivity index (χ1v) is 8.07. The Hall–Kier alpha value is -1.46. The summed E-state index contributed by atoms with van der Waals surface area (Å²) in [6, 6.07) is 5.21. The van der Waals surface area contributed by atoms with Crippen molar-refractivity contribution in [2.24, 2.45) is 0 Å². The van der Waals surface area contributed by atoms with Gasteiger partial charge in [-0.15, -0.1) is 0 Å². The van der Waals surface area contributed by atoms with Crippen LogP contribution in [-0.4, -0.2) is 41.9 Å². The molecule has 23 heavy (non-hydrogen) atoms. The SMILES string of the molecule is COc1cc(Cl)ccc1C1(O)CCN(C(=O)OC(C)(C)C)CC1. The lowest BCUT2D eigenvalue weighted by Crippen LogP contribution is -2.46. The highest BCUT2D eigenvalue weighted by molar-refractivity contribution is 6.30. The van der Waals surface area contributed by atoms with E-state index in [1.54, 1.807) is 30.2 Å². The van der Waals surface area contributed by atoms with Crippen LogP contribution in [0.25, 0.3) is 0 Å². The second-order valence-corrected chi connectivity index (χ2v) is 7.28. The minimum atomic E-state index is -1.03. The molecule has 1 amide bonds. The zero-order chi connectivity index (χ0) is 17.3. The molecule has 1 aliphatic heterocycles.